The molecule has 9 heteroatoms. The lowest BCUT2D eigenvalue weighted by atomic mass is 10.2. The van der Waals surface area contributed by atoms with Crippen molar-refractivity contribution in [1.82, 2.24) is 19.8 Å². The van der Waals surface area contributed by atoms with Crippen molar-refractivity contribution in [1.29, 1.82) is 0 Å². The summed E-state index contributed by atoms with van der Waals surface area (Å²) in [6.45, 7) is 10.7. The van der Waals surface area contributed by atoms with Crippen LogP contribution < -0.4 is 10.6 Å². The van der Waals surface area contributed by atoms with Gasteiger partial charge in [0.25, 0.3) is 0 Å². The largest absolute Gasteiger partial charge is 0.379 e. The van der Waals surface area contributed by atoms with Gasteiger partial charge in [-0.2, -0.15) is 4.31 Å². The van der Waals surface area contributed by atoms with Crippen LogP contribution in [0, 0.1) is 0 Å². The second-order valence-electron chi connectivity index (χ2n) is 6.65. The second-order valence-corrected chi connectivity index (χ2v) is 9.00. The Morgan fingerprint density at radius 3 is 2.39 bits per heavy atom. The first-order valence-corrected chi connectivity index (χ1v) is 11.7. The first-order valence-electron chi connectivity index (χ1n) is 9.88. The normalized spacial score (nSPS) is 15.5. The van der Waals surface area contributed by atoms with Crippen molar-refractivity contribution in [2.75, 3.05) is 52.5 Å². The molecule has 0 saturated carbocycles. The summed E-state index contributed by atoms with van der Waals surface area (Å²) in [5.41, 5.74) is 0.982. The number of benzene rings is 1. The van der Waals surface area contributed by atoms with Gasteiger partial charge in [0.1, 0.15) is 0 Å². The van der Waals surface area contributed by atoms with Crippen molar-refractivity contribution in [2.24, 2.45) is 0 Å². The third kappa shape index (κ3) is 6.97. The summed E-state index contributed by atoms with van der Waals surface area (Å²) >= 11 is 5.32. The number of nitrogens with zero attached hydrogens (tertiary/aromatic N) is 2. The molecule has 1 aromatic carbocycles. The molecule has 0 atom stereocenters. The predicted molar refractivity (Wildman–Crippen MR) is 116 cm³/mol. The third-order valence-corrected chi connectivity index (χ3v) is 7.11. The zero-order chi connectivity index (χ0) is 20.4. The Labute approximate surface area is 174 Å². The van der Waals surface area contributed by atoms with Crippen molar-refractivity contribution in [3.8, 4) is 0 Å². The van der Waals surface area contributed by atoms with E-state index in [-0.39, 0.29) is 0 Å². The van der Waals surface area contributed by atoms with Crippen molar-refractivity contribution < 1.29 is 13.2 Å². The number of sulfonamides is 1. The lowest BCUT2D eigenvalue weighted by molar-refractivity contribution is 0.0376. The highest BCUT2D eigenvalue weighted by Crippen LogP contribution is 2.16. The molecule has 0 radical (unpaired) electrons. The van der Waals surface area contributed by atoms with Crippen LogP contribution in [0.15, 0.2) is 29.2 Å². The molecule has 0 unspecified atom stereocenters. The number of rotatable bonds is 10. The molecule has 2 N–H and O–H groups in total. The number of hydrogen-bond acceptors (Lipinski definition) is 5. The molecule has 7 nitrogen and oxygen atoms in total. The van der Waals surface area contributed by atoms with Crippen LogP contribution in [-0.4, -0.2) is 75.2 Å². The molecule has 0 aliphatic carbocycles. The van der Waals surface area contributed by atoms with Gasteiger partial charge in [-0.1, -0.05) is 26.0 Å². The first-order chi connectivity index (χ1) is 13.5. The topological polar surface area (TPSA) is 73.9 Å². The fraction of sp³-hybridized carbons (Fsp3) is 0.632. The summed E-state index contributed by atoms with van der Waals surface area (Å²) in [5, 5.41) is 7.00. The number of nitrogens with one attached hydrogen (secondary N) is 2. The smallest absolute Gasteiger partial charge is 0.243 e. The summed E-state index contributed by atoms with van der Waals surface area (Å²) in [6, 6.07) is 6.96. The number of hydrogen-bond donors (Lipinski definition) is 2. The number of ether oxygens (including phenoxy) is 1. The number of thiocarbonyl (C=S) groups is 1. The molecule has 1 aromatic rings. The maximum Gasteiger partial charge on any atom is 0.243 e. The Kier molecular flexibility index (Phi) is 9.60. The van der Waals surface area contributed by atoms with Crippen LogP contribution in [0.3, 0.4) is 0 Å². The maximum absolute atomic E-state index is 12.5. The van der Waals surface area contributed by atoms with Gasteiger partial charge >= 0.3 is 0 Å². The van der Waals surface area contributed by atoms with Crippen molar-refractivity contribution >= 4 is 27.4 Å². The summed E-state index contributed by atoms with van der Waals surface area (Å²) in [5.74, 6) is 0. The van der Waals surface area contributed by atoms with Crippen LogP contribution in [0.4, 0.5) is 0 Å². The van der Waals surface area contributed by atoms with E-state index in [4.69, 9.17) is 17.0 Å². The summed E-state index contributed by atoms with van der Waals surface area (Å²) < 4.78 is 31.8. The van der Waals surface area contributed by atoms with Crippen LogP contribution >= 0.6 is 12.2 Å². The van der Waals surface area contributed by atoms with Gasteiger partial charge in [0, 0.05) is 39.3 Å². The lowest BCUT2D eigenvalue weighted by Gasteiger charge is -2.26. The van der Waals surface area contributed by atoms with Gasteiger partial charge in [-0.15, -0.1) is 0 Å². The van der Waals surface area contributed by atoms with E-state index in [1.165, 1.54) is 4.31 Å². The van der Waals surface area contributed by atoms with Crippen LogP contribution in [-0.2, 0) is 21.3 Å². The van der Waals surface area contributed by atoms with Gasteiger partial charge in [-0.05, 0) is 42.9 Å². The number of morpholine rings is 1. The van der Waals surface area contributed by atoms with Gasteiger partial charge in [0.2, 0.25) is 10.0 Å². The van der Waals surface area contributed by atoms with Crippen molar-refractivity contribution in [2.45, 2.75) is 31.7 Å². The second kappa shape index (κ2) is 11.7. The molecule has 1 heterocycles. The Hall–Kier alpha value is -1.26. The first kappa shape index (κ1) is 23.0. The molecule has 0 spiro atoms. The minimum Gasteiger partial charge on any atom is -0.379 e. The quantitative estimate of drug-likeness (QED) is 0.431. The fourth-order valence-electron chi connectivity index (χ4n) is 3.07. The van der Waals surface area contributed by atoms with E-state index < -0.39 is 10.0 Å². The Bertz CT molecular complexity index is 700. The van der Waals surface area contributed by atoms with Gasteiger partial charge in [-0.25, -0.2) is 8.42 Å². The monoisotopic (exact) mass is 428 g/mol. The molecule has 1 aliphatic heterocycles. The van der Waals surface area contributed by atoms with E-state index in [1.54, 1.807) is 12.1 Å². The van der Waals surface area contributed by atoms with E-state index in [0.29, 0.717) is 29.6 Å². The standard InChI is InChI=1S/C19H32N4O3S2/c1-3-23(4-2)28(24,25)18-8-6-17(7-9-18)16-21-19(27)20-10-5-11-22-12-14-26-15-13-22/h6-9H,3-5,10-16H2,1-2H3,(H2,20,21,27). The molecule has 1 aliphatic rings. The molecule has 2 rings (SSSR count). The van der Waals surface area contributed by atoms with Crippen molar-refractivity contribution in [3.05, 3.63) is 29.8 Å². The van der Waals surface area contributed by atoms with Gasteiger partial charge in [0.15, 0.2) is 5.11 Å². The van der Waals surface area contributed by atoms with Gasteiger partial charge in [0.05, 0.1) is 18.1 Å². The fourth-order valence-corrected chi connectivity index (χ4v) is 4.70. The van der Waals surface area contributed by atoms with E-state index in [0.717, 1.165) is 51.4 Å². The summed E-state index contributed by atoms with van der Waals surface area (Å²) in [4.78, 5) is 2.72. The summed E-state index contributed by atoms with van der Waals surface area (Å²) in [6.07, 6.45) is 1.03. The van der Waals surface area contributed by atoms with Crippen molar-refractivity contribution in [3.63, 3.8) is 0 Å². The van der Waals surface area contributed by atoms with Crippen LogP contribution in [0.2, 0.25) is 0 Å². The molecule has 1 saturated heterocycles. The Balaban J connectivity index is 1.71. The lowest BCUT2D eigenvalue weighted by Crippen LogP contribution is -2.39. The summed E-state index contributed by atoms with van der Waals surface area (Å²) in [7, 11) is -3.41. The molecular weight excluding hydrogens is 396 g/mol. The molecule has 0 amide bonds. The highest BCUT2D eigenvalue weighted by Gasteiger charge is 2.21. The van der Waals surface area contributed by atoms with Gasteiger partial charge in [-0.3, -0.25) is 4.90 Å². The van der Waals surface area contributed by atoms with Crippen LogP contribution in [0.5, 0.6) is 0 Å². The molecule has 1 fully saturated rings. The van der Waals surface area contributed by atoms with E-state index in [2.05, 4.69) is 15.5 Å². The maximum atomic E-state index is 12.5. The molecule has 28 heavy (non-hydrogen) atoms. The Morgan fingerprint density at radius 1 is 1.14 bits per heavy atom. The zero-order valence-electron chi connectivity index (χ0n) is 16.8. The minimum atomic E-state index is -3.41. The molecule has 0 bridgehead atoms. The minimum absolute atomic E-state index is 0.323. The zero-order valence-corrected chi connectivity index (χ0v) is 18.4. The van der Waals surface area contributed by atoms with E-state index in [1.807, 2.05) is 26.0 Å². The average molecular weight is 429 g/mol. The highest BCUT2D eigenvalue weighted by atomic mass is 32.2. The highest BCUT2D eigenvalue weighted by molar-refractivity contribution is 7.89. The van der Waals surface area contributed by atoms with Crippen LogP contribution in [0.1, 0.15) is 25.8 Å². The van der Waals surface area contributed by atoms with Crippen LogP contribution in [0.25, 0.3) is 0 Å². The Morgan fingerprint density at radius 2 is 1.79 bits per heavy atom. The van der Waals surface area contributed by atoms with E-state index in [9.17, 15) is 8.42 Å². The average Bonchev–Trinajstić information content (AvgIpc) is 2.71. The van der Waals surface area contributed by atoms with E-state index >= 15 is 0 Å². The molecular formula is C19H32N4O3S2. The predicted octanol–water partition coefficient (Wildman–Crippen LogP) is 1.40. The SMILES string of the molecule is CCN(CC)S(=O)(=O)c1ccc(CNC(=S)NCCCN2CCOCC2)cc1. The van der Waals surface area contributed by atoms with Gasteiger partial charge < -0.3 is 15.4 Å². The molecule has 0 aromatic heterocycles. The third-order valence-electron chi connectivity index (χ3n) is 4.76. The molecule has 158 valence electrons.